The van der Waals surface area contributed by atoms with Crippen LogP contribution in [0.1, 0.15) is 52.0 Å². The lowest BCUT2D eigenvalue weighted by Crippen LogP contribution is -2.56. The summed E-state index contributed by atoms with van der Waals surface area (Å²) < 4.78 is 0. The van der Waals surface area contributed by atoms with E-state index in [9.17, 15) is 29.4 Å². The molecule has 1 aromatic carbocycles. The molecule has 35 heavy (non-hydrogen) atoms. The van der Waals surface area contributed by atoms with Gasteiger partial charge in [-0.05, 0) is 69.2 Å². The number of carboxylic acid groups (broad SMARTS) is 1. The summed E-state index contributed by atoms with van der Waals surface area (Å²) >= 11 is 0. The van der Waals surface area contributed by atoms with Crippen LogP contribution in [0.3, 0.4) is 0 Å². The van der Waals surface area contributed by atoms with Crippen LogP contribution in [0.15, 0.2) is 24.3 Å². The molecule has 1 aromatic rings. The van der Waals surface area contributed by atoms with E-state index < -0.39 is 47.9 Å². The van der Waals surface area contributed by atoms with Gasteiger partial charge in [-0.1, -0.05) is 26.0 Å². The smallest absolute Gasteiger partial charge is 0.326 e. The zero-order valence-electron chi connectivity index (χ0n) is 20.6. The van der Waals surface area contributed by atoms with Gasteiger partial charge in [-0.3, -0.25) is 14.4 Å². The molecule has 11 nitrogen and oxygen atoms in total. The van der Waals surface area contributed by atoms with Gasteiger partial charge in [0, 0.05) is 0 Å². The highest BCUT2D eigenvalue weighted by molar-refractivity contribution is 5.93. The first-order valence-electron chi connectivity index (χ1n) is 11.8. The quantitative estimate of drug-likeness (QED) is 0.166. The second-order valence-corrected chi connectivity index (χ2v) is 9.08. The first-order valence-corrected chi connectivity index (χ1v) is 11.8. The number of rotatable bonds is 15. The first-order chi connectivity index (χ1) is 16.4. The average Bonchev–Trinajstić information content (AvgIpc) is 2.78. The summed E-state index contributed by atoms with van der Waals surface area (Å²) in [4.78, 5) is 49.5. The normalized spacial score (nSPS) is 14.5. The Kier molecular flexibility index (Phi) is 12.7. The maximum Gasteiger partial charge on any atom is 0.326 e. The summed E-state index contributed by atoms with van der Waals surface area (Å²) in [5, 5.41) is 26.4. The van der Waals surface area contributed by atoms with E-state index in [1.807, 2.05) is 13.8 Å². The monoisotopic (exact) mass is 493 g/mol. The molecule has 0 bridgehead atoms. The van der Waals surface area contributed by atoms with E-state index in [1.54, 1.807) is 12.1 Å². The van der Waals surface area contributed by atoms with Crippen LogP contribution in [0.2, 0.25) is 0 Å². The summed E-state index contributed by atoms with van der Waals surface area (Å²) in [5.74, 6) is -2.76. The second-order valence-electron chi connectivity index (χ2n) is 9.08. The molecule has 3 amide bonds. The van der Waals surface area contributed by atoms with Gasteiger partial charge in [-0.25, -0.2) is 4.79 Å². The van der Waals surface area contributed by atoms with Crippen LogP contribution in [0.5, 0.6) is 5.75 Å². The highest BCUT2D eigenvalue weighted by Crippen LogP contribution is 2.11. The van der Waals surface area contributed by atoms with Crippen molar-refractivity contribution in [3.05, 3.63) is 29.8 Å². The molecular weight excluding hydrogens is 454 g/mol. The number of unbranched alkanes of at least 4 members (excludes halogenated alkanes) is 1. The van der Waals surface area contributed by atoms with E-state index in [4.69, 9.17) is 11.5 Å². The van der Waals surface area contributed by atoms with Crippen LogP contribution in [0, 0.1) is 5.92 Å². The zero-order valence-corrected chi connectivity index (χ0v) is 20.6. The van der Waals surface area contributed by atoms with Gasteiger partial charge >= 0.3 is 5.97 Å². The average molecular weight is 494 g/mol. The van der Waals surface area contributed by atoms with Crippen LogP contribution in [0.25, 0.3) is 0 Å². The molecule has 0 spiro atoms. The lowest BCUT2D eigenvalue weighted by atomic mass is 10.0. The van der Waals surface area contributed by atoms with Gasteiger partial charge in [0.25, 0.3) is 0 Å². The molecule has 4 unspecified atom stereocenters. The summed E-state index contributed by atoms with van der Waals surface area (Å²) in [7, 11) is 0. The minimum atomic E-state index is -1.15. The Labute approximate surface area is 206 Å². The van der Waals surface area contributed by atoms with E-state index in [1.165, 1.54) is 19.1 Å². The van der Waals surface area contributed by atoms with Crippen molar-refractivity contribution in [1.82, 2.24) is 16.0 Å². The molecule has 0 aliphatic carbocycles. The molecule has 0 radical (unpaired) electrons. The Morgan fingerprint density at radius 3 is 2.03 bits per heavy atom. The molecule has 0 aromatic heterocycles. The van der Waals surface area contributed by atoms with Crippen LogP contribution in [-0.2, 0) is 25.6 Å². The molecule has 0 aliphatic heterocycles. The van der Waals surface area contributed by atoms with Gasteiger partial charge in [0.05, 0.1) is 6.04 Å². The Morgan fingerprint density at radius 1 is 0.886 bits per heavy atom. The predicted octanol–water partition coefficient (Wildman–Crippen LogP) is -0.00400. The summed E-state index contributed by atoms with van der Waals surface area (Å²) in [5.41, 5.74) is 12.2. The standard InChI is InChI=1S/C24H39N5O6/c1-14(2)12-20(24(34)35)29-23(33)19(6-4-5-11-25)28-21(31)15(3)27-22(32)18(26)13-16-7-9-17(30)10-8-16/h7-10,14-15,18-20,30H,4-6,11-13,25-26H2,1-3H3,(H,27,32)(H,28,31)(H,29,33)(H,34,35). The van der Waals surface area contributed by atoms with Crippen molar-refractivity contribution in [2.24, 2.45) is 17.4 Å². The van der Waals surface area contributed by atoms with Crippen LogP contribution in [0.4, 0.5) is 0 Å². The molecule has 1 rings (SSSR count). The van der Waals surface area contributed by atoms with Crippen molar-refractivity contribution in [3.63, 3.8) is 0 Å². The second kappa shape index (κ2) is 14.9. The minimum Gasteiger partial charge on any atom is -0.508 e. The Bertz CT molecular complexity index is 845. The maximum absolute atomic E-state index is 12.8. The fourth-order valence-electron chi connectivity index (χ4n) is 3.39. The number of aromatic hydroxyl groups is 1. The fraction of sp³-hybridized carbons (Fsp3) is 0.583. The molecule has 11 heteroatoms. The fourth-order valence-corrected chi connectivity index (χ4v) is 3.39. The third-order valence-corrected chi connectivity index (χ3v) is 5.38. The number of phenolic OH excluding ortho intramolecular Hbond substituents is 1. The molecule has 4 atom stereocenters. The minimum absolute atomic E-state index is 0.0442. The molecule has 9 N–H and O–H groups in total. The van der Waals surface area contributed by atoms with Crippen molar-refractivity contribution in [3.8, 4) is 5.75 Å². The third-order valence-electron chi connectivity index (χ3n) is 5.38. The summed E-state index contributed by atoms with van der Waals surface area (Å²) in [6.07, 6.45) is 1.90. The van der Waals surface area contributed by atoms with Crippen molar-refractivity contribution in [2.45, 2.75) is 77.0 Å². The van der Waals surface area contributed by atoms with Gasteiger partial charge in [-0.15, -0.1) is 0 Å². The van der Waals surface area contributed by atoms with Crippen LogP contribution in [-0.4, -0.2) is 64.6 Å². The Balaban J connectivity index is 2.76. The summed E-state index contributed by atoms with van der Waals surface area (Å²) in [6, 6.07) is 2.30. The number of benzene rings is 1. The van der Waals surface area contributed by atoms with E-state index in [0.717, 1.165) is 5.56 Å². The van der Waals surface area contributed by atoms with Crippen molar-refractivity contribution < 1.29 is 29.4 Å². The number of hydrogen-bond acceptors (Lipinski definition) is 7. The number of phenols is 1. The molecule has 196 valence electrons. The number of carbonyl (C=O) groups excluding carboxylic acids is 3. The number of nitrogens with two attached hydrogens (primary N) is 2. The molecular formula is C24H39N5O6. The maximum atomic E-state index is 12.8. The van der Waals surface area contributed by atoms with E-state index in [0.29, 0.717) is 19.4 Å². The topological polar surface area (TPSA) is 197 Å². The number of hydrogen-bond donors (Lipinski definition) is 7. The van der Waals surface area contributed by atoms with Gasteiger partial charge in [-0.2, -0.15) is 0 Å². The molecule has 0 fully saturated rings. The predicted molar refractivity (Wildman–Crippen MR) is 131 cm³/mol. The first kappa shape index (κ1) is 29.9. The SMILES string of the molecule is CC(C)CC(NC(=O)C(CCCCN)NC(=O)C(C)NC(=O)C(N)Cc1ccc(O)cc1)C(=O)O. The van der Waals surface area contributed by atoms with Crippen molar-refractivity contribution in [1.29, 1.82) is 0 Å². The van der Waals surface area contributed by atoms with Crippen molar-refractivity contribution in [2.75, 3.05) is 6.54 Å². The van der Waals surface area contributed by atoms with Gasteiger partial charge < -0.3 is 37.6 Å². The van der Waals surface area contributed by atoms with Crippen LogP contribution < -0.4 is 27.4 Å². The Hall–Kier alpha value is -3.18. The van der Waals surface area contributed by atoms with Crippen LogP contribution >= 0.6 is 0 Å². The largest absolute Gasteiger partial charge is 0.508 e. The van der Waals surface area contributed by atoms with Gasteiger partial charge in [0.15, 0.2) is 0 Å². The number of aliphatic carboxylic acids is 1. The summed E-state index contributed by atoms with van der Waals surface area (Å²) in [6.45, 7) is 5.58. The van der Waals surface area contributed by atoms with E-state index in [2.05, 4.69) is 16.0 Å². The number of carboxylic acids is 1. The van der Waals surface area contributed by atoms with E-state index >= 15 is 0 Å². The lowest BCUT2D eigenvalue weighted by molar-refractivity contribution is -0.142. The third kappa shape index (κ3) is 11.2. The number of nitrogens with one attached hydrogen (secondary N) is 3. The number of carbonyl (C=O) groups is 4. The Morgan fingerprint density at radius 2 is 1.49 bits per heavy atom. The van der Waals surface area contributed by atoms with Gasteiger partial charge in [0.1, 0.15) is 23.9 Å². The van der Waals surface area contributed by atoms with E-state index in [-0.39, 0.29) is 30.9 Å². The van der Waals surface area contributed by atoms with Crippen molar-refractivity contribution >= 4 is 23.7 Å². The molecule has 0 heterocycles. The number of amides is 3. The molecule has 0 saturated carbocycles. The lowest BCUT2D eigenvalue weighted by Gasteiger charge is -2.24. The molecule has 0 saturated heterocycles. The molecule has 0 aliphatic rings. The zero-order chi connectivity index (χ0) is 26.5. The highest BCUT2D eigenvalue weighted by Gasteiger charge is 2.29. The highest BCUT2D eigenvalue weighted by atomic mass is 16.4. The van der Waals surface area contributed by atoms with Gasteiger partial charge in [0.2, 0.25) is 17.7 Å².